The predicted octanol–water partition coefficient (Wildman–Crippen LogP) is 2.42. The minimum Gasteiger partial charge on any atom is -0.383 e. The topological polar surface area (TPSA) is 50.9 Å². The van der Waals surface area contributed by atoms with Crippen molar-refractivity contribution in [2.45, 2.75) is 39.2 Å². The molecule has 0 aliphatic heterocycles. The van der Waals surface area contributed by atoms with Crippen LogP contribution in [-0.4, -0.2) is 11.5 Å². The third-order valence-corrected chi connectivity index (χ3v) is 3.47. The highest BCUT2D eigenvalue weighted by Gasteiger charge is 2.29. The molecule has 0 aromatic carbocycles. The lowest BCUT2D eigenvalue weighted by atomic mass is 9.77. The molecular weight excluding hydrogens is 198 g/mol. The molecule has 2 rings (SSSR count). The molecule has 3 heteroatoms. The van der Waals surface area contributed by atoms with Gasteiger partial charge in [0.1, 0.15) is 5.82 Å². The summed E-state index contributed by atoms with van der Waals surface area (Å²) >= 11 is 0. The lowest BCUT2D eigenvalue weighted by Gasteiger charge is -2.35. The van der Waals surface area contributed by atoms with Crippen LogP contribution in [0.5, 0.6) is 0 Å². The average Bonchev–Trinajstić information content (AvgIpc) is 2.18. The molecule has 1 unspecified atom stereocenters. The first kappa shape index (κ1) is 11.4. The van der Waals surface area contributed by atoms with Gasteiger partial charge in [0, 0.05) is 17.8 Å². The molecule has 0 amide bonds. The summed E-state index contributed by atoms with van der Waals surface area (Å²) in [5.74, 6) is 1.43. The van der Waals surface area contributed by atoms with Crippen molar-refractivity contribution in [1.29, 1.82) is 0 Å². The molecule has 1 saturated carbocycles. The van der Waals surface area contributed by atoms with Crippen LogP contribution in [0.15, 0.2) is 12.3 Å². The molecule has 88 valence electrons. The zero-order valence-corrected chi connectivity index (χ0v) is 10.2. The van der Waals surface area contributed by atoms with Crippen LogP contribution in [-0.2, 0) is 0 Å². The van der Waals surface area contributed by atoms with E-state index in [0.29, 0.717) is 11.9 Å². The highest BCUT2D eigenvalue weighted by atomic mass is 14.9. The maximum atomic E-state index is 5.99. The van der Waals surface area contributed by atoms with Gasteiger partial charge in [-0.3, -0.25) is 0 Å². The van der Waals surface area contributed by atoms with Crippen LogP contribution in [0.4, 0.5) is 5.82 Å². The number of rotatable bonds is 4. The van der Waals surface area contributed by atoms with Gasteiger partial charge in [-0.15, -0.1) is 0 Å². The molecule has 16 heavy (non-hydrogen) atoms. The Labute approximate surface area is 97.5 Å². The number of anilines is 1. The molecule has 3 nitrogen and oxygen atoms in total. The van der Waals surface area contributed by atoms with E-state index < -0.39 is 0 Å². The molecular formula is C13H21N3. The van der Waals surface area contributed by atoms with Crippen LogP contribution in [0, 0.1) is 12.8 Å². The second-order valence-electron chi connectivity index (χ2n) is 4.71. The fourth-order valence-electron chi connectivity index (χ4n) is 2.38. The second-order valence-corrected chi connectivity index (χ2v) is 4.71. The number of aryl methyl sites for hydroxylation is 1. The van der Waals surface area contributed by atoms with Crippen LogP contribution >= 0.6 is 0 Å². The van der Waals surface area contributed by atoms with Crippen LogP contribution in [0.3, 0.4) is 0 Å². The van der Waals surface area contributed by atoms with E-state index >= 15 is 0 Å². The van der Waals surface area contributed by atoms with Gasteiger partial charge in [-0.25, -0.2) is 4.98 Å². The third-order valence-electron chi connectivity index (χ3n) is 3.47. The summed E-state index contributed by atoms with van der Waals surface area (Å²) in [5, 5.41) is 3.55. The van der Waals surface area contributed by atoms with E-state index in [1.54, 1.807) is 0 Å². The SMILES string of the molecule is CCNC(c1cc(C)cnc1N)C1CCC1. The van der Waals surface area contributed by atoms with E-state index in [9.17, 15) is 0 Å². The van der Waals surface area contributed by atoms with Crippen LogP contribution in [0.25, 0.3) is 0 Å². The van der Waals surface area contributed by atoms with Crippen molar-refractivity contribution >= 4 is 5.82 Å². The maximum Gasteiger partial charge on any atom is 0.128 e. The van der Waals surface area contributed by atoms with E-state index in [2.05, 4.69) is 30.2 Å². The second kappa shape index (κ2) is 4.83. The Morgan fingerprint density at radius 2 is 2.31 bits per heavy atom. The van der Waals surface area contributed by atoms with Crippen LogP contribution in [0.1, 0.15) is 43.4 Å². The molecule has 1 aliphatic rings. The van der Waals surface area contributed by atoms with Gasteiger partial charge in [0.2, 0.25) is 0 Å². The zero-order chi connectivity index (χ0) is 11.5. The van der Waals surface area contributed by atoms with Gasteiger partial charge in [0.15, 0.2) is 0 Å². The van der Waals surface area contributed by atoms with Gasteiger partial charge in [-0.1, -0.05) is 13.3 Å². The Morgan fingerprint density at radius 1 is 1.56 bits per heavy atom. The lowest BCUT2D eigenvalue weighted by molar-refractivity contribution is 0.233. The van der Waals surface area contributed by atoms with E-state index in [1.807, 2.05) is 6.20 Å². The van der Waals surface area contributed by atoms with Crippen molar-refractivity contribution in [1.82, 2.24) is 10.3 Å². The molecule has 1 heterocycles. The third kappa shape index (κ3) is 2.19. The largest absolute Gasteiger partial charge is 0.383 e. The molecule has 3 N–H and O–H groups in total. The fourth-order valence-corrected chi connectivity index (χ4v) is 2.38. The molecule has 1 fully saturated rings. The maximum absolute atomic E-state index is 5.99. The number of nitrogen functional groups attached to an aromatic ring is 1. The highest BCUT2D eigenvalue weighted by Crippen LogP contribution is 2.39. The Hall–Kier alpha value is -1.09. The Kier molecular flexibility index (Phi) is 3.44. The number of hydrogen-bond acceptors (Lipinski definition) is 3. The van der Waals surface area contributed by atoms with Gasteiger partial charge in [0.25, 0.3) is 0 Å². The highest BCUT2D eigenvalue weighted by molar-refractivity contribution is 5.43. The van der Waals surface area contributed by atoms with Crippen molar-refractivity contribution in [3.05, 3.63) is 23.4 Å². The average molecular weight is 219 g/mol. The van der Waals surface area contributed by atoms with Crippen molar-refractivity contribution in [3.63, 3.8) is 0 Å². The standard InChI is InChI=1S/C13H21N3/c1-3-15-12(10-5-4-6-10)11-7-9(2)8-16-13(11)14/h7-8,10,12,15H,3-6H2,1-2H3,(H2,14,16). The number of nitrogens with one attached hydrogen (secondary N) is 1. The molecule has 0 bridgehead atoms. The molecule has 0 saturated heterocycles. The molecule has 1 aromatic rings. The molecule has 1 atom stereocenters. The molecule has 1 aromatic heterocycles. The lowest BCUT2D eigenvalue weighted by Crippen LogP contribution is -2.32. The monoisotopic (exact) mass is 219 g/mol. The van der Waals surface area contributed by atoms with Crippen molar-refractivity contribution in [2.24, 2.45) is 5.92 Å². The first-order valence-electron chi connectivity index (χ1n) is 6.17. The number of nitrogens with two attached hydrogens (primary N) is 1. The predicted molar refractivity (Wildman–Crippen MR) is 67.1 cm³/mol. The normalized spacial score (nSPS) is 18.1. The summed E-state index contributed by atoms with van der Waals surface area (Å²) in [6.45, 7) is 5.19. The zero-order valence-electron chi connectivity index (χ0n) is 10.2. The van der Waals surface area contributed by atoms with Gasteiger partial charge in [0.05, 0.1) is 0 Å². The Bertz CT molecular complexity index is 358. The number of nitrogens with zero attached hydrogens (tertiary/aromatic N) is 1. The summed E-state index contributed by atoms with van der Waals surface area (Å²) in [4.78, 5) is 4.26. The molecule has 1 aliphatic carbocycles. The minimum atomic E-state index is 0.395. The van der Waals surface area contributed by atoms with Crippen molar-refractivity contribution in [2.75, 3.05) is 12.3 Å². The first-order valence-corrected chi connectivity index (χ1v) is 6.17. The summed E-state index contributed by atoms with van der Waals surface area (Å²) < 4.78 is 0. The van der Waals surface area contributed by atoms with Gasteiger partial charge < -0.3 is 11.1 Å². The van der Waals surface area contributed by atoms with E-state index in [-0.39, 0.29) is 0 Å². The van der Waals surface area contributed by atoms with Gasteiger partial charge >= 0.3 is 0 Å². The summed E-state index contributed by atoms with van der Waals surface area (Å²) in [6, 6.07) is 2.57. The molecule has 0 spiro atoms. The number of pyridine rings is 1. The summed E-state index contributed by atoms with van der Waals surface area (Å²) in [5.41, 5.74) is 8.36. The summed E-state index contributed by atoms with van der Waals surface area (Å²) in [7, 11) is 0. The molecule has 0 radical (unpaired) electrons. The van der Waals surface area contributed by atoms with Gasteiger partial charge in [-0.05, 0) is 43.9 Å². The number of aromatic nitrogens is 1. The van der Waals surface area contributed by atoms with E-state index in [4.69, 9.17) is 5.73 Å². The minimum absolute atomic E-state index is 0.395. The number of hydrogen-bond donors (Lipinski definition) is 2. The van der Waals surface area contributed by atoms with Gasteiger partial charge in [-0.2, -0.15) is 0 Å². The van der Waals surface area contributed by atoms with Crippen LogP contribution in [0.2, 0.25) is 0 Å². The smallest absolute Gasteiger partial charge is 0.128 e. The summed E-state index contributed by atoms with van der Waals surface area (Å²) in [6.07, 6.45) is 5.81. The van der Waals surface area contributed by atoms with Crippen molar-refractivity contribution < 1.29 is 0 Å². The fraction of sp³-hybridized carbons (Fsp3) is 0.615. The van der Waals surface area contributed by atoms with Crippen molar-refractivity contribution in [3.8, 4) is 0 Å². The first-order chi connectivity index (χ1) is 7.72. The van der Waals surface area contributed by atoms with E-state index in [1.165, 1.54) is 30.4 Å². The van der Waals surface area contributed by atoms with Crippen LogP contribution < -0.4 is 11.1 Å². The Morgan fingerprint density at radius 3 is 2.88 bits per heavy atom. The van der Waals surface area contributed by atoms with E-state index in [0.717, 1.165) is 12.5 Å². The quantitative estimate of drug-likeness (QED) is 0.817. The Balaban J connectivity index is 2.25.